The first kappa shape index (κ1) is 22.2. The van der Waals surface area contributed by atoms with Gasteiger partial charge in [0.05, 0.1) is 0 Å². The second-order valence-electron chi connectivity index (χ2n) is 8.99. The number of nitrogens with one attached hydrogen (secondary N) is 1. The van der Waals surface area contributed by atoms with Crippen LogP contribution in [-0.4, -0.2) is 61.0 Å². The number of carbonyl (C=O) groups is 2. The molecule has 4 rings (SSSR count). The first-order valence-electron chi connectivity index (χ1n) is 11.8. The summed E-state index contributed by atoms with van der Waals surface area (Å²) >= 11 is 0. The maximum absolute atomic E-state index is 12.8. The Labute approximate surface area is 191 Å². The molecule has 32 heavy (non-hydrogen) atoms. The van der Waals surface area contributed by atoms with Crippen molar-refractivity contribution in [2.75, 3.05) is 49.5 Å². The average Bonchev–Trinajstić information content (AvgIpc) is 2.84. The molecule has 0 aromatic heterocycles. The van der Waals surface area contributed by atoms with Crippen LogP contribution >= 0.6 is 0 Å². The number of para-hydroxylation sites is 1. The number of anilines is 2. The Hall–Kier alpha value is -3.02. The SMILES string of the molecule is Cc1ccc(N2CCN(C(=O)CCC3CCCN(C(=O)Nc4ccccc4)C3)CC2)cc1. The number of likely N-dealkylation sites (tertiary alicyclic amines) is 1. The van der Waals surface area contributed by atoms with Crippen molar-refractivity contribution >= 4 is 23.3 Å². The van der Waals surface area contributed by atoms with Gasteiger partial charge in [-0.1, -0.05) is 35.9 Å². The molecule has 3 amide bonds. The zero-order valence-corrected chi connectivity index (χ0v) is 19.0. The molecule has 2 aromatic carbocycles. The predicted octanol–water partition coefficient (Wildman–Crippen LogP) is 4.37. The van der Waals surface area contributed by atoms with Crippen molar-refractivity contribution < 1.29 is 9.59 Å². The Balaban J connectivity index is 1.20. The summed E-state index contributed by atoms with van der Waals surface area (Å²) in [6, 6.07) is 18.1. The van der Waals surface area contributed by atoms with E-state index in [9.17, 15) is 9.59 Å². The van der Waals surface area contributed by atoms with Crippen LogP contribution in [0, 0.1) is 12.8 Å². The number of amides is 3. The third-order valence-electron chi connectivity index (χ3n) is 6.63. The minimum atomic E-state index is -0.0422. The zero-order chi connectivity index (χ0) is 22.3. The van der Waals surface area contributed by atoms with E-state index in [0.29, 0.717) is 12.3 Å². The zero-order valence-electron chi connectivity index (χ0n) is 19.0. The van der Waals surface area contributed by atoms with E-state index in [1.165, 1.54) is 11.3 Å². The molecule has 170 valence electrons. The molecule has 2 saturated heterocycles. The molecule has 0 bridgehead atoms. The molecule has 0 spiro atoms. The molecule has 2 aliphatic heterocycles. The molecule has 6 nitrogen and oxygen atoms in total. The summed E-state index contributed by atoms with van der Waals surface area (Å²) in [6.07, 6.45) is 3.51. The van der Waals surface area contributed by atoms with Gasteiger partial charge in [0.15, 0.2) is 0 Å². The summed E-state index contributed by atoms with van der Waals surface area (Å²) in [5.41, 5.74) is 3.32. The largest absolute Gasteiger partial charge is 0.368 e. The molecule has 2 aromatic rings. The van der Waals surface area contributed by atoms with Gasteiger partial charge < -0.3 is 20.0 Å². The van der Waals surface area contributed by atoms with Gasteiger partial charge in [0.25, 0.3) is 0 Å². The van der Waals surface area contributed by atoms with Crippen molar-refractivity contribution in [2.45, 2.75) is 32.6 Å². The topological polar surface area (TPSA) is 55.9 Å². The van der Waals surface area contributed by atoms with Gasteiger partial charge in [0, 0.05) is 57.1 Å². The fourth-order valence-corrected chi connectivity index (χ4v) is 4.66. The molecule has 1 N–H and O–H groups in total. The normalized spacial score (nSPS) is 19.0. The van der Waals surface area contributed by atoms with Gasteiger partial charge in [-0.25, -0.2) is 4.79 Å². The Morgan fingerprint density at radius 2 is 1.62 bits per heavy atom. The third-order valence-corrected chi connectivity index (χ3v) is 6.63. The number of urea groups is 1. The molecule has 6 heteroatoms. The van der Waals surface area contributed by atoms with Crippen LogP contribution in [-0.2, 0) is 4.79 Å². The fraction of sp³-hybridized carbons (Fsp3) is 0.462. The van der Waals surface area contributed by atoms with Crippen LogP contribution in [0.15, 0.2) is 54.6 Å². The molecule has 1 atom stereocenters. The number of hydrogen-bond acceptors (Lipinski definition) is 3. The van der Waals surface area contributed by atoms with Gasteiger partial charge in [-0.2, -0.15) is 0 Å². The number of carbonyl (C=O) groups excluding carboxylic acids is 2. The number of hydrogen-bond donors (Lipinski definition) is 1. The smallest absolute Gasteiger partial charge is 0.321 e. The highest BCUT2D eigenvalue weighted by Gasteiger charge is 2.26. The third kappa shape index (κ3) is 5.81. The second-order valence-corrected chi connectivity index (χ2v) is 8.99. The molecule has 1 unspecified atom stereocenters. The van der Waals surface area contributed by atoms with Gasteiger partial charge in [0.2, 0.25) is 5.91 Å². The Morgan fingerprint density at radius 1 is 0.906 bits per heavy atom. The van der Waals surface area contributed by atoms with Crippen LogP contribution in [0.2, 0.25) is 0 Å². The van der Waals surface area contributed by atoms with E-state index in [0.717, 1.165) is 64.2 Å². The highest BCUT2D eigenvalue weighted by Crippen LogP contribution is 2.23. The first-order chi connectivity index (χ1) is 15.6. The molecule has 2 aliphatic rings. The lowest BCUT2D eigenvalue weighted by Gasteiger charge is -2.37. The number of piperidine rings is 1. The summed E-state index contributed by atoms with van der Waals surface area (Å²) < 4.78 is 0. The summed E-state index contributed by atoms with van der Waals surface area (Å²) in [4.78, 5) is 31.7. The number of piperazine rings is 1. The van der Waals surface area contributed by atoms with Crippen molar-refractivity contribution in [2.24, 2.45) is 5.92 Å². The lowest BCUT2D eigenvalue weighted by atomic mass is 9.93. The summed E-state index contributed by atoms with van der Waals surface area (Å²) in [6.45, 7) is 6.93. The Kier molecular flexibility index (Phi) is 7.30. The monoisotopic (exact) mass is 434 g/mol. The molecule has 2 fully saturated rings. The maximum Gasteiger partial charge on any atom is 0.321 e. The van der Waals surface area contributed by atoms with Gasteiger partial charge in [0.1, 0.15) is 0 Å². The van der Waals surface area contributed by atoms with Gasteiger partial charge >= 0.3 is 6.03 Å². The van der Waals surface area contributed by atoms with Crippen molar-refractivity contribution in [1.29, 1.82) is 0 Å². The van der Waals surface area contributed by atoms with E-state index in [1.807, 2.05) is 40.1 Å². The summed E-state index contributed by atoms with van der Waals surface area (Å²) in [7, 11) is 0. The van der Waals surface area contributed by atoms with Crippen molar-refractivity contribution in [3.8, 4) is 0 Å². The number of nitrogens with zero attached hydrogens (tertiary/aromatic N) is 3. The van der Waals surface area contributed by atoms with Crippen LogP contribution in [0.25, 0.3) is 0 Å². The molecule has 2 heterocycles. The highest BCUT2D eigenvalue weighted by molar-refractivity contribution is 5.89. The second kappa shape index (κ2) is 10.5. The Bertz CT molecular complexity index is 892. The van der Waals surface area contributed by atoms with E-state index in [2.05, 4.69) is 41.4 Å². The molecule has 0 aliphatic carbocycles. The van der Waals surface area contributed by atoms with E-state index >= 15 is 0 Å². The van der Waals surface area contributed by atoms with Crippen molar-refractivity contribution in [3.63, 3.8) is 0 Å². The fourth-order valence-electron chi connectivity index (χ4n) is 4.66. The van der Waals surface area contributed by atoms with E-state index in [1.54, 1.807) is 0 Å². The Morgan fingerprint density at radius 3 is 2.34 bits per heavy atom. The minimum absolute atomic E-state index is 0.0422. The van der Waals surface area contributed by atoms with Crippen LogP contribution < -0.4 is 10.2 Å². The average molecular weight is 435 g/mol. The minimum Gasteiger partial charge on any atom is -0.368 e. The highest BCUT2D eigenvalue weighted by atomic mass is 16.2. The number of aryl methyl sites for hydroxylation is 1. The number of benzene rings is 2. The van der Waals surface area contributed by atoms with Gasteiger partial charge in [-0.3, -0.25) is 4.79 Å². The van der Waals surface area contributed by atoms with E-state index in [4.69, 9.17) is 0 Å². The number of rotatable bonds is 5. The predicted molar refractivity (Wildman–Crippen MR) is 129 cm³/mol. The van der Waals surface area contributed by atoms with Crippen LogP contribution in [0.1, 0.15) is 31.2 Å². The summed E-state index contributed by atoms with van der Waals surface area (Å²) in [5, 5.41) is 2.98. The summed E-state index contributed by atoms with van der Waals surface area (Å²) in [5.74, 6) is 0.641. The van der Waals surface area contributed by atoms with Crippen LogP contribution in [0.5, 0.6) is 0 Å². The van der Waals surface area contributed by atoms with Crippen LogP contribution in [0.4, 0.5) is 16.2 Å². The standard InChI is InChI=1S/C26H34N4O2/c1-21-9-12-24(13-10-21)28-16-18-29(19-17-28)25(31)14-11-22-6-5-15-30(20-22)26(32)27-23-7-3-2-4-8-23/h2-4,7-10,12-13,22H,5-6,11,14-20H2,1H3,(H,27,32). The molecular weight excluding hydrogens is 400 g/mol. The van der Waals surface area contributed by atoms with Crippen molar-refractivity contribution in [1.82, 2.24) is 9.80 Å². The van der Waals surface area contributed by atoms with Gasteiger partial charge in [-0.15, -0.1) is 0 Å². The lowest BCUT2D eigenvalue weighted by Crippen LogP contribution is -2.49. The molecular formula is C26H34N4O2. The van der Waals surface area contributed by atoms with E-state index in [-0.39, 0.29) is 11.9 Å². The quantitative estimate of drug-likeness (QED) is 0.760. The lowest BCUT2D eigenvalue weighted by molar-refractivity contribution is -0.131. The van der Waals surface area contributed by atoms with Gasteiger partial charge in [-0.05, 0) is 56.4 Å². The van der Waals surface area contributed by atoms with Crippen molar-refractivity contribution in [3.05, 3.63) is 60.2 Å². The van der Waals surface area contributed by atoms with E-state index < -0.39 is 0 Å². The molecule has 0 saturated carbocycles. The maximum atomic E-state index is 12.8. The van der Waals surface area contributed by atoms with Crippen LogP contribution in [0.3, 0.4) is 0 Å². The first-order valence-corrected chi connectivity index (χ1v) is 11.8. The molecule has 0 radical (unpaired) electrons.